The van der Waals surface area contributed by atoms with E-state index in [0.29, 0.717) is 17.7 Å². The summed E-state index contributed by atoms with van der Waals surface area (Å²) in [5.74, 6) is -0.972. The molecular weight excluding hydrogens is 328 g/mol. The molecule has 2 aromatic rings. The third-order valence-electron chi connectivity index (χ3n) is 3.87. The molecule has 1 N–H and O–H groups in total. The van der Waals surface area contributed by atoms with Gasteiger partial charge in [-0.25, -0.2) is 13.2 Å². The second kappa shape index (κ2) is 7.49. The van der Waals surface area contributed by atoms with Gasteiger partial charge in [-0.2, -0.15) is 0 Å². The van der Waals surface area contributed by atoms with Gasteiger partial charge in [0.15, 0.2) is 9.84 Å². The molecule has 0 aliphatic carbocycles. The largest absolute Gasteiger partial charge is 0.496 e. The number of sulfone groups is 1. The zero-order chi connectivity index (χ0) is 17.7. The third-order valence-corrected chi connectivity index (χ3v) is 5.60. The van der Waals surface area contributed by atoms with E-state index < -0.39 is 15.8 Å². The normalized spacial score (nSPS) is 11.2. The van der Waals surface area contributed by atoms with Crippen molar-refractivity contribution in [3.05, 3.63) is 59.2 Å². The van der Waals surface area contributed by atoms with E-state index in [4.69, 9.17) is 4.74 Å². The van der Waals surface area contributed by atoms with Crippen molar-refractivity contribution in [2.45, 2.75) is 24.7 Å². The lowest BCUT2D eigenvalue weighted by Gasteiger charge is -2.14. The number of benzene rings is 2. The SMILES string of the molecule is CCc1ccc(CCS(=O)(=O)c2ccccc2)c(C(=O)O)c1OC. The van der Waals surface area contributed by atoms with Gasteiger partial charge >= 0.3 is 5.97 Å². The Labute approximate surface area is 141 Å². The van der Waals surface area contributed by atoms with Crippen molar-refractivity contribution >= 4 is 15.8 Å². The molecule has 0 aliphatic heterocycles. The topological polar surface area (TPSA) is 80.7 Å². The first-order valence-electron chi connectivity index (χ1n) is 7.60. The van der Waals surface area contributed by atoms with Gasteiger partial charge in [0.25, 0.3) is 0 Å². The molecule has 6 heteroatoms. The summed E-state index contributed by atoms with van der Waals surface area (Å²) in [6.07, 6.45) is 0.741. The lowest BCUT2D eigenvalue weighted by atomic mass is 9.99. The number of carboxylic acid groups (broad SMARTS) is 1. The molecule has 0 radical (unpaired) electrons. The number of aryl methyl sites for hydroxylation is 2. The maximum absolute atomic E-state index is 12.4. The number of hydrogen-bond acceptors (Lipinski definition) is 4. The molecule has 0 amide bonds. The van der Waals surface area contributed by atoms with E-state index in [0.717, 1.165) is 5.56 Å². The predicted molar refractivity (Wildman–Crippen MR) is 91.5 cm³/mol. The van der Waals surface area contributed by atoms with Gasteiger partial charge in [0.05, 0.1) is 17.8 Å². The summed E-state index contributed by atoms with van der Waals surface area (Å²) in [6, 6.07) is 11.6. The van der Waals surface area contributed by atoms with Crippen molar-refractivity contribution in [2.24, 2.45) is 0 Å². The molecule has 0 atom stereocenters. The first-order valence-corrected chi connectivity index (χ1v) is 9.25. The quantitative estimate of drug-likeness (QED) is 0.832. The minimum atomic E-state index is -3.47. The van der Waals surface area contributed by atoms with Crippen LogP contribution in [0.5, 0.6) is 5.75 Å². The molecule has 0 bridgehead atoms. The summed E-state index contributed by atoms with van der Waals surface area (Å²) >= 11 is 0. The van der Waals surface area contributed by atoms with Crippen LogP contribution in [0, 0.1) is 0 Å². The van der Waals surface area contributed by atoms with Crippen LogP contribution in [-0.4, -0.2) is 32.4 Å². The molecule has 24 heavy (non-hydrogen) atoms. The van der Waals surface area contributed by atoms with Crippen molar-refractivity contribution in [2.75, 3.05) is 12.9 Å². The van der Waals surface area contributed by atoms with E-state index in [2.05, 4.69) is 0 Å². The number of ether oxygens (including phenoxy) is 1. The first-order chi connectivity index (χ1) is 11.4. The van der Waals surface area contributed by atoms with Crippen LogP contribution in [0.15, 0.2) is 47.4 Å². The van der Waals surface area contributed by atoms with Crippen LogP contribution in [0.1, 0.15) is 28.4 Å². The maximum atomic E-state index is 12.4. The van der Waals surface area contributed by atoms with Gasteiger partial charge < -0.3 is 9.84 Å². The van der Waals surface area contributed by atoms with Gasteiger partial charge in [-0.1, -0.05) is 37.3 Å². The number of rotatable bonds is 7. The number of aromatic carboxylic acids is 1. The molecule has 128 valence electrons. The van der Waals surface area contributed by atoms with Crippen LogP contribution in [0.4, 0.5) is 0 Å². The Kier molecular flexibility index (Phi) is 5.62. The molecule has 5 nitrogen and oxygen atoms in total. The van der Waals surface area contributed by atoms with E-state index in [9.17, 15) is 18.3 Å². The zero-order valence-electron chi connectivity index (χ0n) is 13.7. The highest BCUT2D eigenvalue weighted by Gasteiger charge is 2.21. The van der Waals surface area contributed by atoms with Crippen molar-refractivity contribution in [1.29, 1.82) is 0 Å². The molecule has 2 rings (SSSR count). The summed E-state index contributed by atoms with van der Waals surface area (Å²) in [7, 11) is -2.05. The lowest BCUT2D eigenvalue weighted by molar-refractivity contribution is 0.0692. The molecule has 0 saturated heterocycles. The highest BCUT2D eigenvalue weighted by atomic mass is 32.2. The van der Waals surface area contributed by atoms with Crippen molar-refractivity contribution in [3.8, 4) is 5.75 Å². The van der Waals surface area contributed by atoms with Crippen LogP contribution in [0.2, 0.25) is 0 Å². The number of hydrogen-bond donors (Lipinski definition) is 1. The van der Waals surface area contributed by atoms with Gasteiger partial charge in [0.2, 0.25) is 0 Å². The van der Waals surface area contributed by atoms with Crippen molar-refractivity contribution < 1.29 is 23.1 Å². The van der Waals surface area contributed by atoms with E-state index in [1.165, 1.54) is 19.2 Å². The Bertz CT molecular complexity index is 826. The number of methoxy groups -OCH3 is 1. The summed E-state index contributed by atoms with van der Waals surface area (Å²) in [6.45, 7) is 1.91. The Hall–Kier alpha value is -2.34. The van der Waals surface area contributed by atoms with Gasteiger partial charge in [-0.05, 0) is 36.1 Å². The molecule has 0 saturated carbocycles. The fourth-order valence-corrected chi connectivity index (χ4v) is 3.91. The Morgan fingerprint density at radius 1 is 1.08 bits per heavy atom. The molecule has 0 unspecified atom stereocenters. The predicted octanol–water partition coefficient (Wildman–Crippen LogP) is 2.97. The maximum Gasteiger partial charge on any atom is 0.339 e. The summed E-state index contributed by atoms with van der Waals surface area (Å²) in [4.78, 5) is 11.9. The van der Waals surface area contributed by atoms with Gasteiger partial charge in [0, 0.05) is 0 Å². The average Bonchev–Trinajstić information content (AvgIpc) is 2.59. The molecular formula is C18H20O5S. The second-order valence-corrected chi connectivity index (χ2v) is 7.44. The third kappa shape index (κ3) is 3.76. The summed E-state index contributed by atoms with van der Waals surface area (Å²) < 4.78 is 30.0. The number of carboxylic acids is 1. The molecule has 2 aromatic carbocycles. The molecule has 0 aromatic heterocycles. The van der Waals surface area contributed by atoms with Gasteiger partial charge in [-0.3, -0.25) is 0 Å². The fourth-order valence-electron chi connectivity index (χ4n) is 2.61. The minimum absolute atomic E-state index is 0.0418. The van der Waals surface area contributed by atoms with Gasteiger partial charge in [-0.15, -0.1) is 0 Å². The highest BCUT2D eigenvalue weighted by Crippen LogP contribution is 2.29. The first kappa shape index (κ1) is 18.0. The Balaban J connectivity index is 2.35. The monoisotopic (exact) mass is 348 g/mol. The van der Waals surface area contributed by atoms with Crippen molar-refractivity contribution in [3.63, 3.8) is 0 Å². The zero-order valence-corrected chi connectivity index (χ0v) is 14.5. The standard InChI is InChI=1S/C18H20O5S/c1-3-13-9-10-14(16(18(19)20)17(13)23-2)11-12-24(21,22)15-7-5-4-6-8-15/h4-10H,3,11-12H2,1-2H3,(H,19,20). The molecule has 0 aliphatic rings. The molecule has 0 heterocycles. The Morgan fingerprint density at radius 2 is 1.71 bits per heavy atom. The van der Waals surface area contributed by atoms with Crippen LogP contribution in [0.3, 0.4) is 0 Å². The van der Waals surface area contributed by atoms with Crippen molar-refractivity contribution in [1.82, 2.24) is 0 Å². The smallest absolute Gasteiger partial charge is 0.339 e. The lowest BCUT2D eigenvalue weighted by Crippen LogP contribution is -2.13. The molecule has 0 fully saturated rings. The van der Waals surface area contributed by atoms with E-state index in [1.54, 1.807) is 30.3 Å². The van der Waals surface area contributed by atoms with E-state index in [-0.39, 0.29) is 22.6 Å². The van der Waals surface area contributed by atoms with Crippen LogP contribution >= 0.6 is 0 Å². The minimum Gasteiger partial charge on any atom is -0.496 e. The molecule has 0 spiro atoms. The van der Waals surface area contributed by atoms with Crippen LogP contribution in [0.25, 0.3) is 0 Å². The number of carbonyl (C=O) groups is 1. The fraction of sp³-hybridized carbons (Fsp3) is 0.278. The van der Waals surface area contributed by atoms with E-state index >= 15 is 0 Å². The summed E-state index contributed by atoms with van der Waals surface area (Å²) in [5.41, 5.74) is 1.28. The van der Waals surface area contributed by atoms with Crippen LogP contribution in [-0.2, 0) is 22.7 Å². The highest BCUT2D eigenvalue weighted by molar-refractivity contribution is 7.91. The summed E-state index contributed by atoms with van der Waals surface area (Å²) in [5, 5.41) is 9.51. The van der Waals surface area contributed by atoms with E-state index in [1.807, 2.05) is 6.92 Å². The van der Waals surface area contributed by atoms with Crippen LogP contribution < -0.4 is 4.74 Å². The second-order valence-electron chi connectivity index (χ2n) is 5.33. The average molecular weight is 348 g/mol. The van der Waals surface area contributed by atoms with Gasteiger partial charge in [0.1, 0.15) is 11.3 Å². The Morgan fingerprint density at radius 3 is 2.25 bits per heavy atom.